The minimum atomic E-state index is -0.812. The van der Waals surface area contributed by atoms with Crippen LogP contribution in [-0.2, 0) is 10.3 Å². The van der Waals surface area contributed by atoms with Crippen LogP contribution in [0.5, 0.6) is 0 Å². The van der Waals surface area contributed by atoms with Gasteiger partial charge in [-0.05, 0) is 68.5 Å². The van der Waals surface area contributed by atoms with Gasteiger partial charge in [0.25, 0.3) is 0 Å². The molecule has 6 nitrogen and oxygen atoms in total. The van der Waals surface area contributed by atoms with Crippen LogP contribution in [0.3, 0.4) is 0 Å². The van der Waals surface area contributed by atoms with Crippen molar-refractivity contribution in [2.24, 2.45) is 0 Å². The smallest absolute Gasteiger partial charge is 0.161 e. The van der Waals surface area contributed by atoms with Crippen molar-refractivity contribution in [3.8, 4) is 11.1 Å². The zero-order valence-electron chi connectivity index (χ0n) is 21.0. The molecule has 3 heterocycles. The normalized spacial score (nSPS) is 20.3. The van der Waals surface area contributed by atoms with Gasteiger partial charge in [-0.3, -0.25) is 9.30 Å². The number of rotatable bonds is 6. The van der Waals surface area contributed by atoms with Crippen molar-refractivity contribution in [3.63, 3.8) is 0 Å². The van der Waals surface area contributed by atoms with Crippen molar-refractivity contribution in [1.82, 2.24) is 19.5 Å². The van der Waals surface area contributed by atoms with Gasteiger partial charge in [0.2, 0.25) is 0 Å². The van der Waals surface area contributed by atoms with Crippen LogP contribution in [0.4, 0.5) is 0 Å². The lowest BCUT2D eigenvalue weighted by molar-refractivity contribution is -0.177. The molecule has 0 spiro atoms. The van der Waals surface area contributed by atoms with Crippen molar-refractivity contribution in [1.29, 1.82) is 0 Å². The van der Waals surface area contributed by atoms with E-state index in [4.69, 9.17) is 4.74 Å². The molecule has 2 aromatic heterocycles. The molecule has 35 heavy (non-hydrogen) atoms. The Kier molecular flexibility index (Phi) is 6.21. The van der Waals surface area contributed by atoms with Gasteiger partial charge in [-0.1, -0.05) is 54.6 Å². The fourth-order valence-corrected chi connectivity index (χ4v) is 5.24. The SMILES string of the molecule is Cc1nnc2cc(-c3ccc(C(C)N4CCC(CC(C)(C)O)(c5ccccc5)OC4)cc3)ccn12. The summed E-state index contributed by atoms with van der Waals surface area (Å²) in [4.78, 5) is 2.37. The first-order valence-corrected chi connectivity index (χ1v) is 12.3. The number of hydrogen-bond acceptors (Lipinski definition) is 5. The summed E-state index contributed by atoms with van der Waals surface area (Å²) in [5.41, 5.74) is 4.25. The van der Waals surface area contributed by atoms with E-state index in [9.17, 15) is 5.11 Å². The molecule has 182 valence electrons. The summed E-state index contributed by atoms with van der Waals surface area (Å²) in [7, 11) is 0. The van der Waals surface area contributed by atoms with E-state index in [1.807, 2.05) is 49.6 Å². The maximum Gasteiger partial charge on any atom is 0.161 e. The fourth-order valence-electron chi connectivity index (χ4n) is 5.24. The number of hydrogen-bond donors (Lipinski definition) is 1. The van der Waals surface area contributed by atoms with E-state index >= 15 is 0 Å². The largest absolute Gasteiger partial charge is 0.390 e. The van der Waals surface area contributed by atoms with Gasteiger partial charge in [-0.2, -0.15) is 0 Å². The Labute approximate surface area is 207 Å². The maximum absolute atomic E-state index is 10.6. The van der Waals surface area contributed by atoms with Crippen molar-refractivity contribution >= 4 is 5.65 Å². The van der Waals surface area contributed by atoms with Crippen molar-refractivity contribution in [3.05, 3.63) is 89.9 Å². The van der Waals surface area contributed by atoms with Gasteiger partial charge in [0.15, 0.2) is 5.65 Å². The Morgan fingerprint density at radius 3 is 2.43 bits per heavy atom. The number of benzene rings is 2. The Hall–Kier alpha value is -3.06. The Bertz CT molecular complexity index is 1280. The van der Waals surface area contributed by atoms with E-state index in [-0.39, 0.29) is 6.04 Å². The quantitative estimate of drug-likeness (QED) is 0.403. The van der Waals surface area contributed by atoms with Crippen LogP contribution >= 0.6 is 0 Å². The maximum atomic E-state index is 10.6. The molecule has 0 radical (unpaired) electrons. The zero-order valence-corrected chi connectivity index (χ0v) is 21.0. The van der Waals surface area contributed by atoms with Crippen LogP contribution in [0, 0.1) is 6.92 Å². The van der Waals surface area contributed by atoms with Gasteiger partial charge < -0.3 is 9.84 Å². The molecule has 0 bridgehead atoms. The number of fused-ring (bicyclic) bond motifs is 1. The molecule has 1 saturated heterocycles. The third-order valence-corrected chi connectivity index (χ3v) is 7.18. The highest BCUT2D eigenvalue weighted by molar-refractivity contribution is 5.67. The third-order valence-electron chi connectivity index (χ3n) is 7.18. The lowest BCUT2D eigenvalue weighted by Gasteiger charge is -2.46. The molecule has 5 rings (SSSR count). The Morgan fingerprint density at radius 1 is 1.03 bits per heavy atom. The third kappa shape index (κ3) is 4.87. The van der Waals surface area contributed by atoms with E-state index in [1.54, 1.807) is 0 Å². The highest BCUT2D eigenvalue weighted by Crippen LogP contribution is 2.41. The van der Waals surface area contributed by atoms with E-state index in [0.29, 0.717) is 13.2 Å². The number of aryl methyl sites for hydroxylation is 1. The highest BCUT2D eigenvalue weighted by Gasteiger charge is 2.42. The molecule has 0 amide bonds. The molecule has 1 N–H and O–H groups in total. The Balaban J connectivity index is 1.30. The minimum Gasteiger partial charge on any atom is -0.390 e. The molecule has 1 fully saturated rings. The number of aromatic nitrogens is 3. The molecule has 1 aliphatic heterocycles. The van der Waals surface area contributed by atoms with Gasteiger partial charge in [-0.25, -0.2) is 0 Å². The van der Waals surface area contributed by atoms with Gasteiger partial charge in [0.05, 0.1) is 11.2 Å². The van der Waals surface area contributed by atoms with E-state index in [1.165, 1.54) is 5.56 Å². The summed E-state index contributed by atoms with van der Waals surface area (Å²) < 4.78 is 8.56. The van der Waals surface area contributed by atoms with Crippen LogP contribution < -0.4 is 0 Å². The lowest BCUT2D eigenvalue weighted by atomic mass is 9.80. The van der Waals surface area contributed by atoms with Gasteiger partial charge in [-0.15, -0.1) is 10.2 Å². The van der Waals surface area contributed by atoms with Crippen LogP contribution in [-0.4, -0.2) is 43.5 Å². The summed E-state index contributed by atoms with van der Waals surface area (Å²) in [5, 5.41) is 19.0. The summed E-state index contributed by atoms with van der Waals surface area (Å²) in [6.07, 6.45) is 3.42. The van der Waals surface area contributed by atoms with E-state index in [0.717, 1.165) is 41.1 Å². The number of nitrogens with zero attached hydrogens (tertiary/aromatic N) is 4. The van der Waals surface area contributed by atoms with Crippen LogP contribution in [0.2, 0.25) is 0 Å². The average Bonchev–Trinajstić information content (AvgIpc) is 3.24. The van der Waals surface area contributed by atoms with Gasteiger partial charge >= 0.3 is 0 Å². The second kappa shape index (κ2) is 9.19. The van der Waals surface area contributed by atoms with Crippen molar-refractivity contribution < 1.29 is 9.84 Å². The molecular weight excluding hydrogens is 436 g/mol. The molecule has 2 unspecified atom stereocenters. The second-order valence-electron chi connectivity index (χ2n) is 10.4. The lowest BCUT2D eigenvalue weighted by Crippen LogP contribution is -2.48. The molecule has 1 aliphatic rings. The fraction of sp³-hybridized carbons (Fsp3) is 0.379. The molecular formula is C29H34N4O2. The van der Waals surface area contributed by atoms with Gasteiger partial charge in [0.1, 0.15) is 12.6 Å². The number of ether oxygens (including phenoxy) is 1. The summed E-state index contributed by atoms with van der Waals surface area (Å²) in [5.74, 6) is 0.887. The number of pyridine rings is 1. The first-order valence-electron chi connectivity index (χ1n) is 12.3. The summed E-state index contributed by atoms with van der Waals surface area (Å²) in [6, 6.07) is 23.5. The topological polar surface area (TPSA) is 62.9 Å². The van der Waals surface area contributed by atoms with Crippen LogP contribution in [0.1, 0.15) is 56.6 Å². The Morgan fingerprint density at radius 2 is 1.77 bits per heavy atom. The molecule has 2 atom stereocenters. The van der Waals surface area contributed by atoms with Crippen molar-refractivity contribution in [2.75, 3.05) is 13.3 Å². The van der Waals surface area contributed by atoms with E-state index < -0.39 is 11.2 Å². The molecule has 0 aliphatic carbocycles. The van der Waals surface area contributed by atoms with E-state index in [2.05, 4.69) is 70.6 Å². The van der Waals surface area contributed by atoms with Crippen molar-refractivity contribution in [2.45, 2.75) is 57.8 Å². The second-order valence-corrected chi connectivity index (χ2v) is 10.4. The van der Waals surface area contributed by atoms with Gasteiger partial charge in [0, 0.05) is 25.2 Å². The average molecular weight is 471 g/mol. The monoisotopic (exact) mass is 470 g/mol. The predicted octanol–water partition coefficient (Wildman–Crippen LogP) is 5.50. The molecule has 6 heteroatoms. The molecule has 4 aromatic rings. The molecule has 0 saturated carbocycles. The highest BCUT2D eigenvalue weighted by atomic mass is 16.5. The van der Waals surface area contributed by atoms with Crippen LogP contribution in [0.15, 0.2) is 72.9 Å². The molecule has 2 aromatic carbocycles. The predicted molar refractivity (Wildman–Crippen MR) is 138 cm³/mol. The number of aliphatic hydroxyl groups is 1. The zero-order chi connectivity index (χ0) is 24.6. The first-order chi connectivity index (χ1) is 16.7. The first kappa shape index (κ1) is 23.7. The van der Waals surface area contributed by atoms with Crippen LogP contribution in [0.25, 0.3) is 16.8 Å². The standard InChI is InChI=1S/C29H34N4O2/c1-21(23-10-12-24(13-11-23)25-14-16-33-22(2)30-31-27(33)18-25)32-17-15-29(35-20-32,19-28(3,4)34)26-8-6-5-7-9-26/h5-14,16,18,21,34H,15,17,19-20H2,1-4H3. The summed E-state index contributed by atoms with van der Waals surface area (Å²) >= 11 is 0. The summed E-state index contributed by atoms with van der Waals surface area (Å²) in [6.45, 7) is 9.33. The minimum absolute atomic E-state index is 0.224.